The minimum absolute atomic E-state index is 0.0446. The van der Waals surface area contributed by atoms with Gasteiger partial charge in [-0.2, -0.15) is 0 Å². The molecule has 0 saturated heterocycles. The largest absolute Gasteiger partial charge is 0.480 e. The molecule has 1 rings (SSSR count). The number of carboxylic acids is 1. The molecule has 0 unspecified atom stereocenters. The van der Waals surface area contributed by atoms with Crippen LogP contribution < -0.4 is 0 Å². The van der Waals surface area contributed by atoms with Crippen molar-refractivity contribution in [3.8, 4) is 0 Å². The summed E-state index contributed by atoms with van der Waals surface area (Å²) < 4.78 is 0. The number of hydrogen-bond donors (Lipinski definition) is 2. The van der Waals surface area contributed by atoms with Gasteiger partial charge in [0.05, 0.1) is 0 Å². The summed E-state index contributed by atoms with van der Waals surface area (Å²) in [4.78, 5) is 24.1. The summed E-state index contributed by atoms with van der Waals surface area (Å²) in [5.74, 6) is -1.32. The van der Waals surface area contributed by atoms with E-state index < -0.39 is 12.0 Å². The fourth-order valence-electron chi connectivity index (χ4n) is 1.85. The maximum Gasteiger partial charge on any atom is 0.326 e. The summed E-state index contributed by atoms with van der Waals surface area (Å²) in [6.07, 6.45) is 0.883. The first kappa shape index (κ1) is 15.2. The third-order valence-electron chi connectivity index (χ3n) is 3.02. The van der Waals surface area contributed by atoms with Gasteiger partial charge in [0.25, 0.3) is 0 Å². The Morgan fingerprint density at radius 2 is 1.89 bits per heavy atom. The fraction of sp³-hybridized carbons (Fsp3) is 0.429. The van der Waals surface area contributed by atoms with E-state index in [0.717, 1.165) is 5.56 Å². The second-order valence-electron chi connectivity index (χ2n) is 4.36. The Labute approximate surface area is 112 Å². The number of aliphatic hydroxyl groups excluding tert-OH is 1. The number of aryl methyl sites for hydroxylation is 1. The molecule has 0 radical (unpaired) electrons. The zero-order valence-electron chi connectivity index (χ0n) is 11.0. The van der Waals surface area contributed by atoms with Crippen LogP contribution in [0.2, 0.25) is 0 Å². The number of benzene rings is 1. The average Bonchev–Trinajstić information content (AvgIpc) is 2.42. The van der Waals surface area contributed by atoms with Crippen LogP contribution in [-0.2, 0) is 16.0 Å². The maximum atomic E-state index is 11.9. The van der Waals surface area contributed by atoms with Crippen molar-refractivity contribution in [2.45, 2.75) is 25.3 Å². The lowest BCUT2D eigenvalue weighted by atomic mass is 10.1. The molecule has 2 N–H and O–H groups in total. The third-order valence-corrected chi connectivity index (χ3v) is 3.02. The molecular weight excluding hydrogens is 246 g/mol. The number of aliphatic carboxylic acids is 1. The van der Waals surface area contributed by atoms with Crippen LogP contribution in [0.1, 0.15) is 18.4 Å². The average molecular weight is 265 g/mol. The van der Waals surface area contributed by atoms with E-state index in [2.05, 4.69) is 0 Å². The number of carbonyl (C=O) groups excluding carboxylic acids is 1. The van der Waals surface area contributed by atoms with E-state index in [1.165, 1.54) is 11.9 Å². The second-order valence-corrected chi connectivity index (χ2v) is 4.36. The predicted octanol–water partition coefficient (Wildman–Crippen LogP) is 0.913. The lowest BCUT2D eigenvalue weighted by Gasteiger charge is -2.24. The molecule has 0 aliphatic carbocycles. The summed E-state index contributed by atoms with van der Waals surface area (Å²) in [5.41, 5.74) is 1.04. The maximum absolute atomic E-state index is 11.9. The smallest absolute Gasteiger partial charge is 0.326 e. The summed E-state index contributed by atoms with van der Waals surface area (Å²) in [7, 11) is 1.46. The lowest BCUT2D eigenvalue weighted by molar-refractivity contribution is -0.149. The standard InChI is InChI=1S/C14H19NO4/c1-15(12(9-10-16)14(18)19)13(17)8-7-11-5-3-2-4-6-11/h2-6,12,16H,7-10H2,1H3,(H,18,19)/t12-/m0/s1. The Morgan fingerprint density at radius 1 is 1.26 bits per heavy atom. The van der Waals surface area contributed by atoms with Gasteiger partial charge in [-0.1, -0.05) is 30.3 Å². The molecule has 0 fully saturated rings. The number of likely N-dealkylation sites (N-methyl/N-ethyl adjacent to an activating group) is 1. The molecule has 0 bridgehead atoms. The van der Waals surface area contributed by atoms with E-state index in [4.69, 9.17) is 10.2 Å². The molecule has 0 heterocycles. The highest BCUT2D eigenvalue weighted by Crippen LogP contribution is 2.08. The summed E-state index contributed by atoms with van der Waals surface area (Å²) >= 11 is 0. The van der Waals surface area contributed by atoms with Crippen LogP contribution in [-0.4, -0.2) is 46.7 Å². The molecule has 5 nitrogen and oxygen atoms in total. The van der Waals surface area contributed by atoms with Crippen LogP contribution in [0.5, 0.6) is 0 Å². The van der Waals surface area contributed by atoms with Gasteiger partial charge >= 0.3 is 5.97 Å². The first-order valence-corrected chi connectivity index (χ1v) is 6.19. The van der Waals surface area contributed by atoms with Gasteiger partial charge in [0.15, 0.2) is 0 Å². The molecule has 1 aromatic carbocycles. The zero-order chi connectivity index (χ0) is 14.3. The first-order chi connectivity index (χ1) is 9.06. The van der Waals surface area contributed by atoms with Crippen molar-refractivity contribution in [3.05, 3.63) is 35.9 Å². The van der Waals surface area contributed by atoms with Gasteiger partial charge in [-0.3, -0.25) is 4.79 Å². The van der Waals surface area contributed by atoms with Crippen molar-refractivity contribution in [3.63, 3.8) is 0 Å². The molecule has 0 saturated carbocycles. The van der Waals surface area contributed by atoms with Gasteiger partial charge in [-0.05, 0) is 12.0 Å². The van der Waals surface area contributed by atoms with Crippen LogP contribution in [0, 0.1) is 0 Å². The van der Waals surface area contributed by atoms with Crippen molar-refractivity contribution < 1.29 is 19.8 Å². The van der Waals surface area contributed by atoms with Gasteiger partial charge in [0, 0.05) is 26.5 Å². The van der Waals surface area contributed by atoms with Crippen molar-refractivity contribution >= 4 is 11.9 Å². The van der Waals surface area contributed by atoms with E-state index in [0.29, 0.717) is 6.42 Å². The highest BCUT2D eigenvalue weighted by molar-refractivity contribution is 5.83. The zero-order valence-corrected chi connectivity index (χ0v) is 11.0. The number of amides is 1. The Kier molecular flexibility index (Phi) is 6.02. The fourth-order valence-corrected chi connectivity index (χ4v) is 1.85. The van der Waals surface area contributed by atoms with Crippen LogP contribution in [0.3, 0.4) is 0 Å². The monoisotopic (exact) mass is 265 g/mol. The van der Waals surface area contributed by atoms with Crippen molar-refractivity contribution in [2.75, 3.05) is 13.7 Å². The Hall–Kier alpha value is -1.88. The van der Waals surface area contributed by atoms with Gasteiger partial charge in [-0.15, -0.1) is 0 Å². The van der Waals surface area contributed by atoms with Crippen LogP contribution >= 0.6 is 0 Å². The van der Waals surface area contributed by atoms with E-state index in [1.807, 2.05) is 30.3 Å². The first-order valence-electron chi connectivity index (χ1n) is 6.19. The topological polar surface area (TPSA) is 77.8 Å². The third kappa shape index (κ3) is 4.71. The normalized spacial score (nSPS) is 11.9. The van der Waals surface area contributed by atoms with Gasteiger partial charge in [-0.25, -0.2) is 4.79 Å². The number of carboxylic acid groups (broad SMARTS) is 1. The number of hydrogen-bond acceptors (Lipinski definition) is 3. The van der Waals surface area contributed by atoms with Gasteiger partial charge in [0.1, 0.15) is 6.04 Å². The van der Waals surface area contributed by atoms with Crippen LogP contribution in [0.25, 0.3) is 0 Å². The molecule has 19 heavy (non-hydrogen) atoms. The summed E-state index contributed by atoms with van der Waals surface area (Å²) in [6, 6.07) is 8.59. The SMILES string of the molecule is CN(C(=O)CCc1ccccc1)[C@@H](CCO)C(=O)O. The highest BCUT2D eigenvalue weighted by Gasteiger charge is 2.25. The summed E-state index contributed by atoms with van der Waals surface area (Å²) in [6.45, 7) is -0.257. The Bertz CT molecular complexity index is 419. The van der Waals surface area contributed by atoms with Gasteiger partial charge < -0.3 is 15.1 Å². The Balaban J connectivity index is 2.54. The number of carbonyl (C=O) groups is 2. The molecule has 0 aromatic heterocycles. The molecule has 0 aliphatic heterocycles. The number of rotatable bonds is 7. The van der Waals surface area contributed by atoms with Gasteiger partial charge in [0.2, 0.25) is 5.91 Å². The lowest BCUT2D eigenvalue weighted by Crippen LogP contribution is -2.43. The molecule has 1 aromatic rings. The van der Waals surface area contributed by atoms with E-state index >= 15 is 0 Å². The van der Waals surface area contributed by atoms with Crippen LogP contribution in [0.15, 0.2) is 30.3 Å². The van der Waals surface area contributed by atoms with Crippen LogP contribution in [0.4, 0.5) is 0 Å². The molecule has 104 valence electrons. The minimum Gasteiger partial charge on any atom is -0.480 e. The molecule has 1 atom stereocenters. The van der Waals surface area contributed by atoms with E-state index in [9.17, 15) is 9.59 Å². The molecule has 1 amide bonds. The minimum atomic E-state index is -1.09. The highest BCUT2D eigenvalue weighted by atomic mass is 16.4. The predicted molar refractivity (Wildman–Crippen MR) is 70.7 cm³/mol. The van der Waals surface area contributed by atoms with Crippen molar-refractivity contribution in [2.24, 2.45) is 0 Å². The van der Waals surface area contributed by atoms with Crippen molar-refractivity contribution in [1.82, 2.24) is 4.90 Å². The number of aliphatic hydroxyl groups is 1. The number of nitrogens with zero attached hydrogens (tertiary/aromatic N) is 1. The molecule has 0 aliphatic rings. The second kappa shape index (κ2) is 7.53. The molecule has 5 heteroatoms. The quantitative estimate of drug-likeness (QED) is 0.768. The van der Waals surface area contributed by atoms with Crippen molar-refractivity contribution in [1.29, 1.82) is 0 Å². The molecular formula is C14H19NO4. The molecule has 0 spiro atoms. The summed E-state index contributed by atoms with van der Waals surface area (Å²) in [5, 5.41) is 17.8. The van der Waals surface area contributed by atoms with E-state index in [1.54, 1.807) is 0 Å². The Morgan fingerprint density at radius 3 is 2.42 bits per heavy atom. The van der Waals surface area contributed by atoms with E-state index in [-0.39, 0.29) is 25.4 Å².